The van der Waals surface area contributed by atoms with Crippen LogP contribution in [0.2, 0.25) is 0 Å². The number of fused-ring (bicyclic) bond motifs is 3. The number of benzene rings is 2. The van der Waals surface area contributed by atoms with Crippen LogP contribution in [0, 0.1) is 5.92 Å². The Morgan fingerprint density at radius 1 is 1.12 bits per heavy atom. The first-order chi connectivity index (χ1) is 12.5. The summed E-state index contributed by atoms with van der Waals surface area (Å²) in [6.45, 7) is 3.62. The molecule has 0 amide bonds. The van der Waals surface area contributed by atoms with Crippen molar-refractivity contribution in [1.82, 2.24) is 0 Å². The summed E-state index contributed by atoms with van der Waals surface area (Å²) in [7, 11) is 0. The van der Waals surface area contributed by atoms with E-state index in [-0.39, 0.29) is 18.9 Å². The van der Waals surface area contributed by atoms with E-state index in [0.29, 0.717) is 0 Å². The lowest BCUT2D eigenvalue weighted by Gasteiger charge is -2.20. The molecule has 0 bridgehead atoms. The predicted molar refractivity (Wildman–Crippen MR) is 98.6 cm³/mol. The number of carboxylic acids is 1. The maximum atomic E-state index is 12.4. The molecule has 2 aromatic rings. The van der Waals surface area contributed by atoms with E-state index < -0.39 is 23.9 Å². The van der Waals surface area contributed by atoms with Gasteiger partial charge in [0, 0.05) is 12.0 Å². The summed E-state index contributed by atoms with van der Waals surface area (Å²) in [4.78, 5) is 23.8. The molecule has 0 aromatic heterocycles. The van der Waals surface area contributed by atoms with Gasteiger partial charge in [-0.3, -0.25) is 9.59 Å². The van der Waals surface area contributed by atoms with Gasteiger partial charge in [-0.25, -0.2) is 0 Å². The zero-order chi connectivity index (χ0) is 18.7. The molecule has 1 aliphatic rings. The van der Waals surface area contributed by atoms with E-state index in [9.17, 15) is 14.7 Å². The third-order valence-corrected chi connectivity index (χ3v) is 4.74. The number of hydrogen-bond donors (Lipinski definition) is 2. The van der Waals surface area contributed by atoms with Crippen molar-refractivity contribution in [3.05, 3.63) is 72.3 Å². The molecular formula is C21H21NO4. The van der Waals surface area contributed by atoms with E-state index in [1.165, 1.54) is 6.08 Å². The molecule has 5 nitrogen and oxygen atoms in total. The maximum Gasteiger partial charge on any atom is 0.321 e. The monoisotopic (exact) mass is 351 g/mol. The Bertz CT molecular complexity index is 800. The fourth-order valence-corrected chi connectivity index (χ4v) is 3.48. The number of esters is 1. The van der Waals surface area contributed by atoms with Crippen LogP contribution in [0.3, 0.4) is 0 Å². The largest absolute Gasteiger partial charge is 0.481 e. The molecule has 2 unspecified atom stereocenters. The highest BCUT2D eigenvalue weighted by Crippen LogP contribution is 2.44. The van der Waals surface area contributed by atoms with Crippen LogP contribution in [0.4, 0.5) is 0 Å². The van der Waals surface area contributed by atoms with Gasteiger partial charge in [0.2, 0.25) is 0 Å². The highest BCUT2D eigenvalue weighted by Gasteiger charge is 2.35. The second-order valence-electron chi connectivity index (χ2n) is 6.36. The third-order valence-electron chi connectivity index (χ3n) is 4.74. The number of carboxylic acid groups (broad SMARTS) is 1. The van der Waals surface area contributed by atoms with E-state index in [0.717, 1.165) is 22.3 Å². The van der Waals surface area contributed by atoms with Crippen molar-refractivity contribution in [3.63, 3.8) is 0 Å². The molecule has 3 N–H and O–H groups in total. The molecule has 0 spiro atoms. The van der Waals surface area contributed by atoms with E-state index in [1.54, 1.807) is 0 Å². The average molecular weight is 351 g/mol. The van der Waals surface area contributed by atoms with Crippen LogP contribution in [0.15, 0.2) is 61.2 Å². The fourth-order valence-electron chi connectivity index (χ4n) is 3.48. The molecule has 0 radical (unpaired) electrons. The zero-order valence-electron chi connectivity index (χ0n) is 14.3. The molecule has 26 heavy (non-hydrogen) atoms. The minimum atomic E-state index is -1.40. The molecule has 0 saturated carbocycles. The Morgan fingerprint density at radius 3 is 2.15 bits per heavy atom. The van der Waals surface area contributed by atoms with Gasteiger partial charge in [0.15, 0.2) is 5.92 Å². The van der Waals surface area contributed by atoms with Crippen molar-refractivity contribution in [2.24, 2.45) is 11.7 Å². The molecule has 0 fully saturated rings. The highest BCUT2D eigenvalue weighted by molar-refractivity contribution is 5.95. The summed E-state index contributed by atoms with van der Waals surface area (Å²) >= 11 is 0. The number of carbonyl (C=O) groups excluding carboxylic acids is 1. The SMILES string of the molecule is C=CCC(N)C(C(=O)O)C(=O)OCC1c2ccccc2-c2ccccc21. The summed E-state index contributed by atoms with van der Waals surface area (Å²) in [6, 6.07) is 15.1. The Morgan fingerprint density at radius 2 is 1.65 bits per heavy atom. The fraction of sp³-hybridized carbons (Fsp3) is 0.238. The first kappa shape index (κ1) is 17.9. The topological polar surface area (TPSA) is 89.6 Å². The Balaban J connectivity index is 1.80. The number of ether oxygens (including phenoxy) is 1. The third kappa shape index (κ3) is 3.26. The number of rotatable bonds is 7. The van der Waals surface area contributed by atoms with E-state index >= 15 is 0 Å². The average Bonchev–Trinajstić information content (AvgIpc) is 2.94. The molecular weight excluding hydrogens is 330 g/mol. The van der Waals surface area contributed by atoms with Crippen LogP contribution in [0.1, 0.15) is 23.5 Å². The molecule has 134 valence electrons. The Hall–Kier alpha value is -2.92. The number of aliphatic carboxylic acids is 1. The van der Waals surface area contributed by atoms with Gasteiger partial charge in [-0.15, -0.1) is 6.58 Å². The van der Waals surface area contributed by atoms with Crippen molar-refractivity contribution in [2.45, 2.75) is 18.4 Å². The first-order valence-electron chi connectivity index (χ1n) is 8.48. The van der Waals surface area contributed by atoms with Gasteiger partial charge in [0.1, 0.15) is 6.61 Å². The van der Waals surface area contributed by atoms with E-state index in [2.05, 4.69) is 6.58 Å². The summed E-state index contributed by atoms with van der Waals surface area (Å²) in [5, 5.41) is 9.33. The minimum absolute atomic E-state index is 0.0808. The van der Waals surface area contributed by atoms with Crippen LogP contribution in [-0.2, 0) is 14.3 Å². The van der Waals surface area contributed by atoms with Gasteiger partial charge in [-0.1, -0.05) is 54.6 Å². The van der Waals surface area contributed by atoms with Gasteiger partial charge in [-0.2, -0.15) is 0 Å². The van der Waals surface area contributed by atoms with Crippen LogP contribution >= 0.6 is 0 Å². The van der Waals surface area contributed by atoms with Gasteiger partial charge in [0.05, 0.1) is 0 Å². The molecule has 2 atom stereocenters. The molecule has 5 heteroatoms. The first-order valence-corrected chi connectivity index (χ1v) is 8.48. The number of carbonyl (C=O) groups is 2. The van der Waals surface area contributed by atoms with Crippen molar-refractivity contribution in [3.8, 4) is 11.1 Å². The van der Waals surface area contributed by atoms with Crippen molar-refractivity contribution < 1.29 is 19.4 Å². The molecule has 0 aliphatic heterocycles. The van der Waals surface area contributed by atoms with Crippen molar-refractivity contribution in [1.29, 1.82) is 0 Å². The highest BCUT2D eigenvalue weighted by atomic mass is 16.5. The van der Waals surface area contributed by atoms with Crippen LogP contribution in [0.25, 0.3) is 11.1 Å². The normalized spacial score (nSPS) is 14.8. The molecule has 0 saturated heterocycles. The quantitative estimate of drug-likeness (QED) is 0.455. The van der Waals surface area contributed by atoms with Crippen LogP contribution in [-0.4, -0.2) is 29.7 Å². The number of hydrogen-bond acceptors (Lipinski definition) is 4. The zero-order valence-corrected chi connectivity index (χ0v) is 14.3. The Labute approximate surface area is 152 Å². The standard InChI is InChI=1S/C21H21NO4/c1-2-7-18(22)19(20(23)24)21(25)26-12-17-15-10-5-3-8-13(15)14-9-4-6-11-16(14)17/h2-6,8-11,17-19H,1,7,12,22H2,(H,23,24). The maximum absolute atomic E-state index is 12.4. The molecule has 1 aliphatic carbocycles. The van der Waals surface area contributed by atoms with Crippen LogP contribution < -0.4 is 5.73 Å². The predicted octanol–water partition coefficient (Wildman–Crippen LogP) is 2.95. The summed E-state index contributed by atoms with van der Waals surface area (Å²) in [5.41, 5.74) is 10.2. The smallest absolute Gasteiger partial charge is 0.321 e. The second-order valence-corrected chi connectivity index (χ2v) is 6.36. The summed E-state index contributed by atoms with van der Waals surface area (Å²) in [5.74, 6) is -3.61. The Kier molecular flexibility index (Phi) is 5.19. The van der Waals surface area contributed by atoms with E-state index in [1.807, 2.05) is 48.5 Å². The summed E-state index contributed by atoms with van der Waals surface area (Å²) in [6.07, 6.45) is 1.72. The number of nitrogens with two attached hydrogens (primary N) is 1. The lowest BCUT2D eigenvalue weighted by atomic mass is 9.96. The van der Waals surface area contributed by atoms with Crippen molar-refractivity contribution in [2.75, 3.05) is 6.61 Å². The summed E-state index contributed by atoms with van der Waals surface area (Å²) < 4.78 is 5.40. The van der Waals surface area contributed by atoms with Gasteiger partial charge in [-0.05, 0) is 28.7 Å². The van der Waals surface area contributed by atoms with Gasteiger partial charge in [0.25, 0.3) is 0 Å². The molecule has 2 aromatic carbocycles. The second kappa shape index (κ2) is 7.54. The molecule has 0 heterocycles. The lowest BCUT2D eigenvalue weighted by Crippen LogP contribution is -2.41. The van der Waals surface area contributed by atoms with Gasteiger partial charge < -0.3 is 15.6 Å². The van der Waals surface area contributed by atoms with Gasteiger partial charge >= 0.3 is 11.9 Å². The van der Waals surface area contributed by atoms with E-state index in [4.69, 9.17) is 10.5 Å². The molecule has 3 rings (SSSR count). The van der Waals surface area contributed by atoms with Crippen molar-refractivity contribution >= 4 is 11.9 Å². The van der Waals surface area contributed by atoms with Crippen LogP contribution in [0.5, 0.6) is 0 Å². The minimum Gasteiger partial charge on any atom is -0.481 e. The lowest BCUT2D eigenvalue weighted by molar-refractivity contribution is -0.159.